The Morgan fingerprint density at radius 1 is 1.23 bits per heavy atom. The van der Waals surface area contributed by atoms with Crippen LogP contribution in [0.1, 0.15) is 18.1 Å². The summed E-state index contributed by atoms with van der Waals surface area (Å²) in [5.41, 5.74) is 2.57. The number of anilines is 1. The van der Waals surface area contributed by atoms with Crippen molar-refractivity contribution in [1.82, 2.24) is 0 Å². The lowest BCUT2D eigenvalue weighted by molar-refractivity contribution is -0.124. The van der Waals surface area contributed by atoms with Crippen LogP contribution in [0, 0.1) is 11.3 Å². The quantitative estimate of drug-likeness (QED) is 0.874. The topological polar surface area (TPSA) is 53.3 Å². The van der Waals surface area contributed by atoms with Crippen molar-refractivity contribution in [2.45, 2.75) is 19.4 Å². The largest absolute Gasteiger partial charge is 0.479 e. The second-order valence-corrected chi connectivity index (χ2v) is 5.24. The van der Waals surface area contributed by atoms with Crippen LogP contribution in [-0.2, 0) is 11.2 Å². The Morgan fingerprint density at radius 2 is 1.95 bits per heavy atom. The van der Waals surface area contributed by atoms with Gasteiger partial charge < -0.3 is 9.64 Å². The molecule has 0 spiro atoms. The standard InChI is InChI=1S/C18H16N2O2/c1-13(22-17-9-5-3-7-15(17)12-19)18(21)20-11-10-14-6-2-4-8-16(14)20/h2-9,13H,10-11H2,1H3. The van der Waals surface area contributed by atoms with Crippen LogP contribution in [0.25, 0.3) is 0 Å². The Hall–Kier alpha value is -2.80. The lowest BCUT2D eigenvalue weighted by atomic mass is 10.2. The second-order valence-electron chi connectivity index (χ2n) is 5.24. The van der Waals surface area contributed by atoms with Crippen LogP contribution in [0.5, 0.6) is 5.75 Å². The molecule has 1 aliphatic rings. The molecule has 1 heterocycles. The van der Waals surface area contributed by atoms with E-state index in [9.17, 15) is 4.79 Å². The minimum atomic E-state index is -0.638. The molecule has 0 fully saturated rings. The van der Waals surface area contributed by atoms with Gasteiger partial charge in [-0.25, -0.2) is 0 Å². The van der Waals surface area contributed by atoms with E-state index in [1.54, 1.807) is 36.1 Å². The number of carbonyl (C=O) groups excluding carboxylic acids is 1. The summed E-state index contributed by atoms with van der Waals surface area (Å²) in [6.07, 6.45) is 0.226. The number of benzene rings is 2. The van der Waals surface area contributed by atoms with E-state index in [4.69, 9.17) is 10.00 Å². The first-order valence-electron chi connectivity index (χ1n) is 7.26. The summed E-state index contributed by atoms with van der Waals surface area (Å²) >= 11 is 0. The average molecular weight is 292 g/mol. The first-order valence-corrected chi connectivity index (χ1v) is 7.26. The Bertz CT molecular complexity index is 749. The number of fused-ring (bicyclic) bond motifs is 1. The maximum absolute atomic E-state index is 12.6. The normalized spacial score (nSPS) is 14.1. The van der Waals surface area contributed by atoms with Crippen molar-refractivity contribution < 1.29 is 9.53 Å². The van der Waals surface area contributed by atoms with Gasteiger partial charge in [0.2, 0.25) is 0 Å². The molecule has 0 saturated carbocycles. The molecule has 0 saturated heterocycles. The van der Waals surface area contributed by atoms with Gasteiger partial charge >= 0.3 is 0 Å². The fourth-order valence-corrected chi connectivity index (χ4v) is 2.69. The van der Waals surface area contributed by atoms with E-state index >= 15 is 0 Å². The van der Waals surface area contributed by atoms with Gasteiger partial charge in [0.1, 0.15) is 11.8 Å². The number of hydrogen-bond acceptors (Lipinski definition) is 3. The SMILES string of the molecule is CC(Oc1ccccc1C#N)C(=O)N1CCc2ccccc21. The molecule has 2 aromatic rings. The zero-order valence-corrected chi connectivity index (χ0v) is 12.3. The molecule has 3 rings (SSSR count). The number of hydrogen-bond donors (Lipinski definition) is 0. The van der Waals surface area contributed by atoms with Crippen LogP contribution in [-0.4, -0.2) is 18.6 Å². The van der Waals surface area contributed by atoms with Crippen molar-refractivity contribution in [3.8, 4) is 11.8 Å². The maximum Gasteiger partial charge on any atom is 0.267 e. The number of amides is 1. The number of nitriles is 1. The van der Waals surface area contributed by atoms with E-state index < -0.39 is 6.10 Å². The molecule has 0 radical (unpaired) electrons. The molecule has 1 amide bonds. The van der Waals surface area contributed by atoms with Crippen molar-refractivity contribution in [2.75, 3.05) is 11.4 Å². The predicted octanol–water partition coefficient (Wildman–Crippen LogP) is 2.91. The Kier molecular flexibility index (Phi) is 3.80. The highest BCUT2D eigenvalue weighted by Crippen LogP contribution is 2.28. The van der Waals surface area contributed by atoms with Crippen molar-refractivity contribution in [3.05, 3.63) is 59.7 Å². The van der Waals surface area contributed by atoms with Gasteiger partial charge in [-0.1, -0.05) is 30.3 Å². The molecule has 2 aromatic carbocycles. The van der Waals surface area contributed by atoms with Gasteiger partial charge in [0.25, 0.3) is 5.91 Å². The fraction of sp³-hybridized carbons (Fsp3) is 0.222. The van der Waals surface area contributed by atoms with E-state index in [2.05, 4.69) is 6.07 Å². The summed E-state index contributed by atoms with van der Waals surface area (Å²) in [6.45, 7) is 2.39. The summed E-state index contributed by atoms with van der Waals surface area (Å²) < 4.78 is 5.71. The van der Waals surface area contributed by atoms with Crippen LogP contribution < -0.4 is 9.64 Å². The van der Waals surface area contributed by atoms with Crippen molar-refractivity contribution >= 4 is 11.6 Å². The molecule has 22 heavy (non-hydrogen) atoms. The van der Waals surface area contributed by atoms with Gasteiger partial charge in [-0.2, -0.15) is 5.26 Å². The van der Waals surface area contributed by atoms with E-state index in [1.807, 2.05) is 24.3 Å². The fourth-order valence-electron chi connectivity index (χ4n) is 2.69. The van der Waals surface area contributed by atoms with E-state index in [0.717, 1.165) is 12.1 Å². The minimum Gasteiger partial charge on any atom is -0.479 e. The van der Waals surface area contributed by atoms with E-state index in [-0.39, 0.29) is 5.91 Å². The Morgan fingerprint density at radius 3 is 2.77 bits per heavy atom. The third kappa shape index (κ3) is 2.53. The lowest BCUT2D eigenvalue weighted by Crippen LogP contribution is -2.39. The summed E-state index contributed by atoms with van der Waals surface area (Å²) in [5.74, 6) is 0.357. The Labute approximate surface area is 129 Å². The molecule has 110 valence electrons. The summed E-state index contributed by atoms with van der Waals surface area (Å²) in [7, 11) is 0. The van der Waals surface area contributed by atoms with Crippen molar-refractivity contribution in [3.63, 3.8) is 0 Å². The van der Waals surface area contributed by atoms with Gasteiger partial charge in [-0.15, -0.1) is 0 Å². The van der Waals surface area contributed by atoms with Crippen LogP contribution >= 0.6 is 0 Å². The number of para-hydroxylation sites is 2. The molecule has 0 aromatic heterocycles. The zero-order valence-electron chi connectivity index (χ0n) is 12.3. The Balaban J connectivity index is 1.78. The molecule has 0 bridgehead atoms. The van der Waals surface area contributed by atoms with Gasteiger partial charge in [0, 0.05) is 12.2 Å². The first-order chi connectivity index (χ1) is 10.7. The second kappa shape index (κ2) is 5.90. The molecule has 0 aliphatic carbocycles. The molecule has 1 aliphatic heterocycles. The number of carbonyl (C=O) groups is 1. The van der Waals surface area contributed by atoms with E-state index in [1.165, 1.54) is 5.56 Å². The summed E-state index contributed by atoms with van der Waals surface area (Å²) in [5, 5.41) is 9.09. The highest BCUT2D eigenvalue weighted by Gasteiger charge is 2.29. The lowest BCUT2D eigenvalue weighted by Gasteiger charge is -2.22. The molecule has 4 nitrogen and oxygen atoms in total. The maximum atomic E-state index is 12.6. The zero-order chi connectivity index (χ0) is 15.5. The van der Waals surface area contributed by atoms with Crippen LogP contribution in [0.2, 0.25) is 0 Å². The van der Waals surface area contributed by atoms with E-state index in [0.29, 0.717) is 17.9 Å². The van der Waals surface area contributed by atoms with Gasteiger partial charge in [0.05, 0.1) is 5.56 Å². The number of ether oxygens (including phenoxy) is 1. The van der Waals surface area contributed by atoms with Gasteiger partial charge in [0.15, 0.2) is 6.10 Å². The first kappa shape index (κ1) is 14.2. The third-order valence-electron chi connectivity index (χ3n) is 3.81. The van der Waals surface area contributed by atoms with Crippen LogP contribution in [0.15, 0.2) is 48.5 Å². The minimum absolute atomic E-state index is 0.0855. The van der Waals surface area contributed by atoms with Gasteiger partial charge in [-0.05, 0) is 37.1 Å². The molecule has 1 unspecified atom stereocenters. The smallest absolute Gasteiger partial charge is 0.267 e. The molecule has 1 atom stereocenters. The van der Waals surface area contributed by atoms with Crippen LogP contribution in [0.3, 0.4) is 0 Å². The highest BCUT2D eigenvalue weighted by atomic mass is 16.5. The molecular formula is C18H16N2O2. The van der Waals surface area contributed by atoms with Crippen LogP contribution in [0.4, 0.5) is 5.69 Å². The summed E-state index contributed by atoms with van der Waals surface area (Å²) in [4.78, 5) is 14.4. The average Bonchev–Trinajstić information content (AvgIpc) is 2.98. The number of nitrogens with zero attached hydrogens (tertiary/aromatic N) is 2. The highest BCUT2D eigenvalue weighted by molar-refractivity contribution is 5.98. The molecule has 4 heteroatoms. The van der Waals surface area contributed by atoms with Crippen molar-refractivity contribution in [2.24, 2.45) is 0 Å². The predicted molar refractivity (Wildman–Crippen MR) is 83.7 cm³/mol. The molecule has 0 N–H and O–H groups in total. The summed E-state index contributed by atoms with van der Waals surface area (Å²) in [6, 6.07) is 16.9. The van der Waals surface area contributed by atoms with Gasteiger partial charge in [-0.3, -0.25) is 4.79 Å². The third-order valence-corrected chi connectivity index (χ3v) is 3.81. The monoisotopic (exact) mass is 292 g/mol. The number of rotatable bonds is 3. The molecular weight excluding hydrogens is 276 g/mol. The van der Waals surface area contributed by atoms with Crippen molar-refractivity contribution in [1.29, 1.82) is 5.26 Å².